The molecule has 0 saturated carbocycles. The molecule has 0 saturated heterocycles. The molecule has 0 bridgehead atoms. The zero-order chi connectivity index (χ0) is 14.9. The number of ketones is 1. The van der Waals surface area contributed by atoms with Crippen LogP contribution in [0.15, 0.2) is 27.1 Å². The normalized spacial score (nSPS) is 10.8. The Morgan fingerprint density at radius 1 is 1.40 bits per heavy atom. The van der Waals surface area contributed by atoms with E-state index in [4.69, 9.17) is 0 Å². The van der Waals surface area contributed by atoms with Gasteiger partial charge in [0.25, 0.3) is 0 Å². The maximum Gasteiger partial charge on any atom is 0.168 e. The Bertz CT molecular complexity index is 667. The number of rotatable bonds is 4. The van der Waals surface area contributed by atoms with Crippen LogP contribution in [0.4, 0.5) is 4.39 Å². The van der Waals surface area contributed by atoms with Gasteiger partial charge in [-0.15, -0.1) is 0 Å². The van der Waals surface area contributed by atoms with E-state index >= 15 is 0 Å². The molecule has 0 amide bonds. The summed E-state index contributed by atoms with van der Waals surface area (Å²) in [7, 11) is 1.81. The molecule has 20 heavy (non-hydrogen) atoms. The lowest BCUT2D eigenvalue weighted by Crippen LogP contribution is -2.08. The first-order chi connectivity index (χ1) is 9.43. The summed E-state index contributed by atoms with van der Waals surface area (Å²) in [6.07, 6.45) is 1.02. The Labute approximate surface area is 133 Å². The van der Waals surface area contributed by atoms with Gasteiger partial charge < -0.3 is 0 Å². The van der Waals surface area contributed by atoms with Crippen molar-refractivity contribution in [1.82, 2.24) is 9.78 Å². The molecule has 2 rings (SSSR count). The van der Waals surface area contributed by atoms with Gasteiger partial charge in [-0.2, -0.15) is 5.10 Å². The molecule has 0 atom stereocenters. The van der Waals surface area contributed by atoms with Gasteiger partial charge in [-0.3, -0.25) is 9.48 Å². The summed E-state index contributed by atoms with van der Waals surface area (Å²) in [6, 6.07) is 4.28. The highest BCUT2D eigenvalue weighted by atomic mass is 79.9. The molecule has 2 aromatic rings. The van der Waals surface area contributed by atoms with Gasteiger partial charge in [-0.25, -0.2) is 4.39 Å². The Kier molecular flexibility index (Phi) is 4.75. The molecule has 0 aliphatic carbocycles. The molecule has 106 valence electrons. The van der Waals surface area contributed by atoms with Crippen LogP contribution in [0, 0.1) is 5.82 Å². The first-order valence-electron chi connectivity index (χ1n) is 6.12. The van der Waals surface area contributed by atoms with Crippen LogP contribution in [0.2, 0.25) is 0 Å². The summed E-state index contributed by atoms with van der Waals surface area (Å²) >= 11 is 6.57. The van der Waals surface area contributed by atoms with Crippen molar-refractivity contribution in [2.24, 2.45) is 7.05 Å². The third kappa shape index (κ3) is 3.01. The average molecular weight is 404 g/mol. The maximum absolute atomic E-state index is 13.2. The van der Waals surface area contributed by atoms with Crippen LogP contribution in [0.25, 0.3) is 0 Å². The van der Waals surface area contributed by atoms with E-state index in [0.717, 1.165) is 22.3 Å². The smallest absolute Gasteiger partial charge is 0.168 e. The van der Waals surface area contributed by atoms with Crippen molar-refractivity contribution in [3.05, 3.63) is 49.9 Å². The zero-order valence-electron chi connectivity index (χ0n) is 11.1. The van der Waals surface area contributed by atoms with Crippen molar-refractivity contribution < 1.29 is 9.18 Å². The minimum absolute atomic E-state index is 0.0722. The lowest BCUT2D eigenvalue weighted by molar-refractivity contribution is 0.0990. The predicted molar refractivity (Wildman–Crippen MR) is 82.4 cm³/mol. The quantitative estimate of drug-likeness (QED) is 0.721. The third-order valence-corrected chi connectivity index (χ3v) is 4.60. The number of carbonyl (C=O) groups is 1. The number of hydrogen-bond donors (Lipinski definition) is 0. The summed E-state index contributed by atoms with van der Waals surface area (Å²) in [6.45, 7) is 2.01. The van der Waals surface area contributed by atoms with Gasteiger partial charge in [0, 0.05) is 12.6 Å². The monoisotopic (exact) mass is 402 g/mol. The average Bonchev–Trinajstić information content (AvgIpc) is 2.69. The highest BCUT2D eigenvalue weighted by molar-refractivity contribution is 9.10. The molecular weight excluding hydrogens is 391 g/mol. The lowest BCUT2D eigenvalue weighted by atomic mass is 10.1. The van der Waals surface area contributed by atoms with E-state index < -0.39 is 0 Å². The van der Waals surface area contributed by atoms with Gasteiger partial charge in [0.1, 0.15) is 5.82 Å². The summed E-state index contributed by atoms with van der Waals surface area (Å²) < 4.78 is 16.1. The molecule has 0 aliphatic rings. The zero-order valence-corrected chi connectivity index (χ0v) is 14.3. The SMILES string of the molecule is CCc1nn(C)c(CC(=O)c2ccc(F)c(Br)c2)c1Br. The van der Waals surface area contributed by atoms with E-state index in [1.807, 2.05) is 14.0 Å². The number of benzene rings is 1. The number of Topliss-reactive ketones (excluding diaryl/α,β-unsaturated/α-hetero) is 1. The number of carbonyl (C=O) groups excluding carboxylic acids is 1. The fraction of sp³-hybridized carbons (Fsp3) is 0.286. The summed E-state index contributed by atoms with van der Waals surface area (Å²) in [5, 5.41) is 4.36. The van der Waals surface area contributed by atoms with Gasteiger partial charge in [-0.05, 0) is 56.5 Å². The molecule has 0 fully saturated rings. The molecular formula is C14H13Br2FN2O. The van der Waals surface area contributed by atoms with E-state index in [-0.39, 0.29) is 18.0 Å². The molecule has 3 nitrogen and oxygen atoms in total. The Balaban J connectivity index is 2.28. The van der Waals surface area contributed by atoms with Crippen LogP contribution in [0.5, 0.6) is 0 Å². The van der Waals surface area contributed by atoms with Gasteiger partial charge in [0.2, 0.25) is 0 Å². The second-order valence-electron chi connectivity index (χ2n) is 4.41. The van der Waals surface area contributed by atoms with Crippen LogP contribution in [0.3, 0.4) is 0 Å². The predicted octanol–water partition coefficient (Wildman–Crippen LogP) is 4.07. The summed E-state index contributed by atoms with van der Waals surface area (Å²) in [5.74, 6) is -0.450. The molecule has 0 N–H and O–H groups in total. The summed E-state index contributed by atoms with van der Waals surface area (Å²) in [5.41, 5.74) is 2.23. The largest absolute Gasteiger partial charge is 0.294 e. The Hall–Kier alpha value is -1.01. The second kappa shape index (κ2) is 6.18. The van der Waals surface area contributed by atoms with Gasteiger partial charge in [0.05, 0.1) is 26.8 Å². The standard InChI is InChI=1S/C14H13Br2FN2O/c1-3-11-14(16)12(19(2)18-11)7-13(20)8-4-5-10(17)9(15)6-8/h4-6H,3,7H2,1-2H3. The van der Waals surface area contributed by atoms with Crippen molar-refractivity contribution in [1.29, 1.82) is 0 Å². The lowest BCUT2D eigenvalue weighted by Gasteiger charge is -2.04. The van der Waals surface area contributed by atoms with E-state index in [9.17, 15) is 9.18 Å². The molecule has 0 radical (unpaired) electrons. The number of halogens is 3. The van der Waals surface area contributed by atoms with E-state index in [1.165, 1.54) is 18.2 Å². The number of hydrogen-bond acceptors (Lipinski definition) is 2. The highest BCUT2D eigenvalue weighted by Crippen LogP contribution is 2.24. The summed E-state index contributed by atoms with van der Waals surface area (Å²) in [4.78, 5) is 12.3. The first-order valence-corrected chi connectivity index (χ1v) is 7.71. The fourth-order valence-corrected chi connectivity index (χ4v) is 3.07. The number of nitrogens with zero attached hydrogens (tertiary/aromatic N) is 2. The minimum Gasteiger partial charge on any atom is -0.294 e. The van der Waals surface area contributed by atoms with Crippen LogP contribution >= 0.6 is 31.9 Å². The molecule has 0 unspecified atom stereocenters. The van der Waals surface area contributed by atoms with E-state index in [2.05, 4.69) is 37.0 Å². The van der Waals surface area contributed by atoms with Crippen molar-refractivity contribution in [3.8, 4) is 0 Å². The molecule has 6 heteroatoms. The second-order valence-corrected chi connectivity index (χ2v) is 6.06. The van der Waals surface area contributed by atoms with Crippen molar-refractivity contribution >= 4 is 37.6 Å². The Morgan fingerprint density at radius 2 is 2.10 bits per heavy atom. The molecule has 1 heterocycles. The first kappa shape index (κ1) is 15.4. The fourth-order valence-electron chi connectivity index (χ4n) is 1.94. The van der Waals surface area contributed by atoms with E-state index in [1.54, 1.807) is 4.68 Å². The molecule has 1 aromatic heterocycles. The molecule has 0 aliphatic heterocycles. The number of aromatic nitrogens is 2. The highest BCUT2D eigenvalue weighted by Gasteiger charge is 2.17. The number of aryl methyl sites for hydroxylation is 2. The van der Waals surface area contributed by atoms with Crippen molar-refractivity contribution in [2.75, 3.05) is 0 Å². The van der Waals surface area contributed by atoms with Crippen LogP contribution < -0.4 is 0 Å². The Morgan fingerprint density at radius 3 is 2.65 bits per heavy atom. The van der Waals surface area contributed by atoms with Crippen molar-refractivity contribution in [3.63, 3.8) is 0 Å². The van der Waals surface area contributed by atoms with Crippen LogP contribution in [-0.4, -0.2) is 15.6 Å². The van der Waals surface area contributed by atoms with Gasteiger partial charge in [-0.1, -0.05) is 6.92 Å². The minimum atomic E-state index is -0.378. The topological polar surface area (TPSA) is 34.9 Å². The van der Waals surface area contributed by atoms with E-state index in [0.29, 0.717) is 10.0 Å². The van der Waals surface area contributed by atoms with Gasteiger partial charge >= 0.3 is 0 Å². The molecule has 1 aromatic carbocycles. The van der Waals surface area contributed by atoms with Crippen LogP contribution in [-0.2, 0) is 19.9 Å². The van der Waals surface area contributed by atoms with Crippen molar-refractivity contribution in [2.45, 2.75) is 19.8 Å². The third-order valence-electron chi connectivity index (χ3n) is 3.07. The van der Waals surface area contributed by atoms with Crippen LogP contribution in [0.1, 0.15) is 28.7 Å². The maximum atomic E-state index is 13.2. The molecule has 0 spiro atoms. The van der Waals surface area contributed by atoms with Gasteiger partial charge in [0.15, 0.2) is 5.78 Å².